The Balaban J connectivity index is 1.50. The van der Waals surface area contributed by atoms with Crippen LogP contribution in [0.1, 0.15) is 33.6 Å². The van der Waals surface area contributed by atoms with E-state index >= 15 is 0 Å². The average Bonchev–Trinajstić information content (AvgIpc) is 3.34. The van der Waals surface area contributed by atoms with Crippen molar-refractivity contribution in [3.63, 3.8) is 0 Å². The molecule has 154 valence electrons. The van der Waals surface area contributed by atoms with Gasteiger partial charge in [0, 0.05) is 51.0 Å². The third-order valence-electron chi connectivity index (χ3n) is 5.32. The first kappa shape index (κ1) is 20.2. The van der Waals surface area contributed by atoms with Gasteiger partial charge in [-0.25, -0.2) is 0 Å². The van der Waals surface area contributed by atoms with Gasteiger partial charge in [0.2, 0.25) is 5.91 Å². The van der Waals surface area contributed by atoms with Crippen LogP contribution in [0.5, 0.6) is 0 Å². The predicted molar refractivity (Wildman–Crippen MR) is 116 cm³/mol. The summed E-state index contributed by atoms with van der Waals surface area (Å²) in [5.41, 5.74) is 2.02. The number of aromatic nitrogens is 2. The van der Waals surface area contributed by atoms with Crippen molar-refractivity contribution in [2.75, 3.05) is 13.1 Å². The van der Waals surface area contributed by atoms with Gasteiger partial charge in [-0.15, -0.1) is 11.3 Å². The maximum Gasteiger partial charge on any atom is 0.263 e. The smallest absolute Gasteiger partial charge is 0.263 e. The summed E-state index contributed by atoms with van der Waals surface area (Å²) >= 11 is 1.44. The molecule has 1 aliphatic rings. The highest BCUT2D eigenvalue weighted by atomic mass is 32.1. The molecule has 0 radical (unpaired) electrons. The van der Waals surface area contributed by atoms with Crippen LogP contribution >= 0.6 is 11.3 Å². The summed E-state index contributed by atoms with van der Waals surface area (Å²) < 4.78 is 0. The minimum Gasteiger partial charge on any atom is -0.337 e. The number of thiophene rings is 1. The largest absolute Gasteiger partial charge is 0.337 e. The van der Waals surface area contributed by atoms with Gasteiger partial charge in [-0.2, -0.15) is 0 Å². The second kappa shape index (κ2) is 9.63. The molecular formula is C23H24N4O2S. The lowest BCUT2D eigenvalue weighted by Gasteiger charge is -2.35. The van der Waals surface area contributed by atoms with Gasteiger partial charge in [-0.05, 0) is 53.6 Å². The maximum absolute atomic E-state index is 13.5. The van der Waals surface area contributed by atoms with E-state index < -0.39 is 0 Å². The van der Waals surface area contributed by atoms with Gasteiger partial charge in [0.05, 0.1) is 10.8 Å². The molecule has 2 amide bonds. The van der Waals surface area contributed by atoms with Gasteiger partial charge in [0.1, 0.15) is 0 Å². The molecule has 4 heterocycles. The molecule has 0 bridgehead atoms. The van der Waals surface area contributed by atoms with Gasteiger partial charge in [0.15, 0.2) is 0 Å². The molecule has 0 aromatic carbocycles. The van der Waals surface area contributed by atoms with Crippen molar-refractivity contribution in [2.45, 2.75) is 25.9 Å². The second-order valence-electron chi connectivity index (χ2n) is 7.48. The first-order valence-corrected chi connectivity index (χ1v) is 11.0. The van der Waals surface area contributed by atoms with Crippen LogP contribution in [0, 0.1) is 5.92 Å². The van der Waals surface area contributed by atoms with Gasteiger partial charge < -0.3 is 9.80 Å². The highest BCUT2D eigenvalue weighted by Gasteiger charge is 2.32. The van der Waals surface area contributed by atoms with Crippen LogP contribution in [0.3, 0.4) is 0 Å². The fourth-order valence-corrected chi connectivity index (χ4v) is 4.50. The molecule has 0 aliphatic carbocycles. The van der Waals surface area contributed by atoms with Crippen LogP contribution in [-0.2, 0) is 17.9 Å². The number of carbonyl (C=O) groups excluding carboxylic acids is 2. The minimum atomic E-state index is -0.193. The van der Waals surface area contributed by atoms with E-state index in [0.717, 1.165) is 28.8 Å². The van der Waals surface area contributed by atoms with Crippen molar-refractivity contribution in [1.29, 1.82) is 0 Å². The average molecular weight is 421 g/mol. The molecule has 30 heavy (non-hydrogen) atoms. The van der Waals surface area contributed by atoms with Gasteiger partial charge in [-0.1, -0.05) is 12.1 Å². The van der Waals surface area contributed by atoms with Gasteiger partial charge in [0.25, 0.3) is 5.91 Å². The highest BCUT2D eigenvalue weighted by Crippen LogP contribution is 2.24. The van der Waals surface area contributed by atoms with Crippen LogP contribution in [0.2, 0.25) is 0 Å². The summed E-state index contributed by atoms with van der Waals surface area (Å²) in [5, 5.41) is 1.91. The van der Waals surface area contributed by atoms with E-state index in [1.165, 1.54) is 11.3 Å². The molecular weight excluding hydrogens is 396 g/mol. The van der Waals surface area contributed by atoms with Crippen molar-refractivity contribution in [2.24, 2.45) is 5.92 Å². The Morgan fingerprint density at radius 3 is 2.60 bits per heavy atom. The first-order valence-electron chi connectivity index (χ1n) is 10.1. The van der Waals surface area contributed by atoms with Crippen molar-refractivity contribution in [3.05, 3.63) is 82.6 Å². The molecule has 1 fully saturated rings. The van der Waals surface area contributed by atoms with Crippen molar-refractivity contribution >= 4 is 23.2 Å². The molecule has 7 heteroatoms. The number of carbonyl (C=O) groups is 2. The molecule has 1 unspecified atom stereocenters. The zero-order valence-corrected chi connectivity index (χ0v) is 17.5. The topological polar surface area (TPSA) is 66.4 Å². The number of piperidine rings is 1. The van der Waals surface area contributed by atoms with Crippen LogP contribution in [-0.4, -0.2) is 44.7 Å². The Labute approximate surface area is 180 Å². The summed E-state index contributed by atoms with van der Waals surface area (Å²) in [6.45, 7) is 2.17. The molecule has 6 nitrogen and oxygen atoms in total. The summed E-state index contributed by atoms with van der Waals surface area (Å²) in [5.74, 6) is -0.0871. The third-order valence-corrected chi connectivity index (χ3v) is 6.18. The molecule has 0 spiro atoms. The molecule has 4 rings (SSSR count). The standard InChI is InChI=1S/C23H24N4O2S/c28-22(20-5-2-12-26(17-20)23(29)21-6-3-13-30-21)27(15-18-7-10-24-11-8-18)16-19-4-1-9-25-14-19/h1,3-4,6-11,13-14,20H,2,5,12,15-17H2. The van der Waals surface area contributed by atoms with E-state index in [4.69, 9.17) is 0 Å². The summed E-state index contributed by atoms with van der Waals surface area (Å²) in [4.78, 5) is 39.0. The maximum atomic E-state index is 13.5. The Morgan fingerprint density at radius 2 is 1.87 bits per heavy atom. The van der Waals surface area contributed by atoms with E-state index in [9.17, 15) is 9.59 Å². The van der Waals surface area contributed by atoms with Crippen molar-refractivity contribution in [1.82, 2.24) is 19.8 Å². The van der Waals surface area contributed by atoms with E-state index in [1.807, 2.05) is 51.6 Å². The molecule has 1 aliphatic heterocycles. The zero-order valence-electron chi connectivity index (χ0n) is 16.7. The molecule has 1 saturated heterocycles. The lowest BCUT2D eigenvalue weighted by Crippen LogP contribution is -2.46. The van der Waals surface area contributed by atoms with E-state index in [1.54, 1.807) is 24.8 Å². The SMILES string of the molecule is O=C(c1cccs1)N1CCCC(C(=O)N(Cc2ccncc2)Cc2cccnc2)C1. The fraction of sp³-hybridized carbons (Fsp3) is 0.304. The fourth-order valence-electron chi connectivity index (χ4n) is 3.81. The lowest BCUT2D eigenvalue weighted by molar-refractivity contribution is -0.138. The zero-order chi connectivity index (χ0) is 20.8. The number of likely N-dealkylation sites (tertiary alicyclic amines) is 1. The Morgan fingerprint density at radius 1 is 1.03 bits per heavy atom. The van der Waals surface area contributed by atoms with Crippen LogP contribution in [0.4, 0.5) is 0 Å². The van der Waals surface area contributed by atoms with E-state index in [2.05, 4.69) is 9.97 Å². The summed E-state index contributed by atoms with van der Waals surface area (Å²) in [6.07, 6.45) is 8.64. The Bertz CT molecular complexity index is 922. The highest BCUT2D eigenvalue weighted by molar-refractivity contribution is 7.12. The predicted octanol–water partition coefficient (Wildman–Crippen LogP) is 3.62. The van der Waals surface area contributed by atoms with Gasteiger partial charge in [-0.3, -0.25) is 19.6 Å². The van der Waals surface area contributed by atoms with Crippen LogP contribution in [0.15, 0.2) is 66.6 Å². The normalized spacial score (nSPS) is 16.3. The molecule has 1 atom stereocenters. The monoisotopic (exact) mass is 420 g/mol. The number of nitrogens with zero attached hydrogens (tertiary/aromatic N) is 4. The van der Waals surface area contributed by atoms with Crippen LogP contribution < -0.4 is 0 Å². The third kappa shape index (κ3) is 4.91. The minimum absolute atomic E-state index is 0.0236. The van der Waals surface area contributed by atoms with Crippen molar-refractivity contribution < 1.29 is 9.59 Å². The number of hydrogen-bond donors (Lipinski definition) is 0. The number of hydrogen-bond acceptors (Lipinski definition) is 5. The molecule has 0 saturated carbocycles. The summed E-state index contributed by atoms with van der Waals surface area (Å²) in [7, 11) is 0. The number of amides is 2. The first-order chi connectivity index (χ1) is 14.7. The molecule has 0 N–H and O–H groups in total. The number of pyridine rings is 2. The molecule has 3 aromatic heterocycles. The van der Waals surface area contributed by atoms with Crippen molar-refractivity contribution in [3.8, 4) is 0 Å². The van der Waals surface area contributed by atoms with Crippen LogP contribution in [0.25, 0.3) is 0 Å². The molecule has 3 aromatic rings. The quantitative estimate of drug-likeness (QED) is 0.611. The second-order valence-corrected chi connectivity index (χ2v) is 8.43. The Kier molecular flexibility index (Phi) is 6.49. The van der Waals surface area contributed by atoms with Gasteiger partial charge >= 0.3 is 0 Å². The van der Waals surface area contributed by atoms with E-state index in [0.29, 0.717) is 26.2 Å². The number of rotatable bonds is 6. The van der Waals surface area contributed by atoms with E-state index in [-0.39, 0.29) is 17.7 Å². The Hall–Kier alpha value is -3.06. The lowest BCUT2D eigenvalue weighted by atomic mass is 9.95. The summed E-state index contributed by atoms with van der Waals surface area (Å²) in [6, 6.07) is 11.4.